The normalized spacial score (nSPS) is 14.8. The largest absolute Gasteiger partial charge is 0.387 e. The molecule has 7 nitrogen and oxygen atoms in total. The van der Waals surface area contributed by atoms with Gasteiger partial charge in [0.1, 0.15) is 6.10 Å². The second-order valence-corrected chi connectivity index (χ2v) is 12.0. The van der Waals surface area contributed by atoms with Crippen LogP contribution in [0.3, 0.4) is 0 Å². The fourth-order valence-corrected chi connectivity index (χ4v) is 5.07. The second-order valence-electron chi connectivity index (χ2n) is 10.5. The number of carbonyl (C=O) groups excluding carboxylic acids is 1. The highest BCUT2D eigenvalue weighted by atomic mass is 32.2. The molecule has 0 fully saturated rings. The van der Waals surface area contributed by atoms with Gasteiger partial charge in [-0.25, -0.2) is 0 Å². The van der Waals surface area contributed by atoms with E-state index < -0.39 is 40.0 Å². The highest BCUT2D eigenvalue weighted by molar-refractivity contribution is 7.85. The lowest BCUT2D eigenvalue weighted by molar-refractivity contribution is -0.130. The summed E-state index contributed by atoms with van der Waals surface area (Å²) in [6, 6.07) is -1.24. The predicted molar refractivity (Wildman–Crippen MR) is 158 cm³/mol. The lowest BCUT2D eigenvalue weighted by atomic mass is 10.0. The molecule has 0 aromatic heterocycles. The standard InChI is InChI=1S/C30H57NO6S/c1-3-5-7-9-11-13-14-15-16-17-19-20-22-24-28(32)27(26-38(35,36)37)31-30(34)29(33)25-23-21-18-12-10-8-6-4-2/h18,21-22,24,27-29,32-33H,3-17,19-20,23,25-26H2,1-2H3,(H,31,34)(H,35,36,37)/b21-18-,24-22+. The zero-order chi connectivity index (χ0) is 28.5. The van der Waals surface area contributed by atoms with Gasteiger partial charge in [-0.05, 0) is 38.5 Å². The van der Waals surface area contributed by atoms with E-state index in [1.165, 1.54) is 83.1 Å². The van der Waals surface area contributed by atoms with Crippen LogP contribution in [0.2, 0.25) is 0 Å². The zero-order valence-corrected chi connectivity index (χ0v) is 25.0. The van der Waals surface area contributed by atoms with Gasteiger partial charge in [0, 0.05) is 0 Å². The smallest absolute Gasteiger partial charge is 0.267 e. The van der Waals surface area contributed by atoms with Crippen LogP contribution >= 0.6 is 0 Å². The predicted octanol–water partition coefficient (Wildman–Crippen LogP) is 6.64. The molecule has 0 bridgehead atoms. The van der Waals surface area contributed by atoms with Crippen molar-refractivity contribution >= 4 is 16.0 Å². The Labute approximate surface area is 233 Å². The number of hydrogen-bond acceptors (Lipinski definition) is 5. The van der Waals surface area contributed by atoms with Crippen LogP contribution in [0.15, 0.2) is 24.3 Å². The number of nitrogens with one attached hydrogen (secondary N) is 1. The Morgan fingerprint density at radius 1 is 0.711 bits per heavy atom. The molecule has 0 spiro atoms. The van der Waals surface area contributed by atoms with Crippen molar-refractivity contribution in [3.05, 3.63) is 24.3 Å². The summed E-state index contributed by atoms with van der Waals surface area (Å²) in [5.74, 6) is -1.58. The van der Waals surface area contributed by atoms with Crippen molar-refractivity contribution in [2.45, 2.75) is 154 Å². The van der Waals surface area contributed by atoms with Gasteiger partial charge < -0.3 is 15.5 Å². The minimum absolute atomic E-state index is 0.195. The van der Waals surface area contributed by atoms with E-state index in [0.29, 0.717) is 6.42 Å². The number of aliphatic hydroxyl groups excluding tert-OH is 2. The van der Waals surface area contributed by atoms with Crippen LogP contribution in [0.5, 0.6) is 0 Å². The summed E-state index contributed by atoms with van der Waals surface area (Å²) in [4.78, 5) is 12.4. The third-order valence-corrected chi connectivity index (χ3v) is 7.52. The monoisotopic (exact) mass is 559 g/mol. The Kier molecular flexibility index (Phi) is 24.0. The summed E-state index contributed by atoms with van der Waals surface area (Å²) < 4.78 is 32.1. The van der Waals surface area contributed by atoms with Gasteiger partial charge >= 0.3 is 0 Å². The van der Waals surface area contributed by atoms with E-state index in [2.05, 4.69) is 19.2 Å². The molecule has 8 heteroatoms. The summed E-state index contributed by atoms with van der Waals surface area (Å²) in [7, 11) is -4.43. The lowest BCUT2D eigenvalue weighted by Gasteiger charge is -2.22. The number of aliphatic hydroxyl groups is 2. The molecule has 4 N–H and O–H groups in total. The molecule has 1 amide bonds. The van der Waals surface area contributed by atoms with E-state index in [1.807, 2.05) is 12.2 Å². The molecule has 0 aliphatic carbocycles. The molecule has 0 radical (unpaired) electrons. The van der Waals surface area contributed by atoms with E-state index in [-0.39, 0.29) is 6.42 Å². The molecule has 0 saturated heterocycles. The van der Waals surface area contributed by atoms with Crippen LogP contribution in [0, 0.1) is 0 Å². The van der Waals surface area contributed by atoms with E-state index in [0.717, 1.165) is 32.1 Å². The van der Waals surface area contributed by atoms with Crippen molar-refractivity contribution in [3.63, 3.8) is 0 Å². The van der Waals surface area contributed by atoms with Crippen LogP contribution in [0.4, 0.5) is 0 Å². The first-order valence-electron chi connectivity index (χ1n) is 15.1. The fourth-order valence-electron chi connectivity index (χ4n) is 4.34. The van der Waals surface area contributed by atoms with Gasteiger partial charge in [0.15, 0.2) is 0 Å². The quantitative estimate of drug-likeness (QED) is 0.0535. The van der Waals surface area contributed by atoms with Gasteiger partial charge in [-0.1, -0.05) is 122 Å². The molecule has 0 aromatic rings. The van der Waals surface area contributed by atoms with Crippen molar-refractivity contribution in [2.24, 2.45) is 0 Å². The molecule has 0 aromatic carbocycles. The maximum atomic E-state index is 12.4. The van der Waals surface area contributed by atoms with Crippen molar-refractivity contribution in [3.8, 4) is 0 Å². The van der Waals surface area contributed by atoms with Gasteiger partial charge in [-0.2, -0.15) is 8.42 Å². The summed E-state index contributed by atoms with van der Waals surface area (Å²) >= 11 is 0. The third-order valence-electron chi connectivity index (χ3n) is 6.74. The average molecular weight is 560 g/mol. The highest BCUT2D eigenvalue weighted by Gasteiger charge is 2.27. The SMILES string of the molecule is CCCCCC/C=C\CCC(O)C(=O)NC(CS(=O)(=O)O)C(O)/C=C/CCCCCCCCCCCCC. The van der Waals surface area contributed by atoms with Crippen LogP contribution in [0.25, 0.3) is 0 Å². The van der Waals surface area contributed by atoms with E-state index in [9.17, 15) is 28.0 Å². The maximum Gasteiger partial charge on any atom is 0.267 e. The zero-order valence-electron chi connectivity index (χ0n) is 24.2. The van der Waals surface area contributed by atoms with Crippen LogP contribution in [-0.4, -0.2) is 53.1 Å². The van der Waals surface area contributed by atoms with Gasteiger partial charge in [-0.15, -0.1) is 0 Å². The van der Waals surface area contributed by atoms with Crippen molar-refractivity contribution < 1.29 is 28.0 Å². The minimum Gasteiger partial charge on any atom is -0.387 e. The summed E-state index contributed by atoms with van der Waals surface area (Å²) in [6.45, 7) is 4.40. The number of allylic oxidation sites excluding steroid dienone is 3. The first-order valence-corrected chi connectivity index (χ1v) is 16.8. The second kappa shape index (κ2) is 24.8. The number of hydrogen-bond donors (Lipinski definition) is 4. The third kappa shape index (κ3) is 23.9. The van der Waals surface area contributed by atoms with Crippen LogP contribution < -0.4 is 5.32 Å². The fraction of sp³-hybridized carbons (Fsp3) is 0.833. The van der Waals surface area contributed by atoms with Gasteiger partial charge in [0.2, 0.25) is 5.91 Å². The van der Waals surface area contributed by atoms with E-state index >= 15 is 0 Å². The first kappa shape index (κ1) is 36.8. The molecule has 0 rings (SSSR count). The topological polar surface area (TPSA) is 124 Å². The summed E-state index contributed by atoms with van der Waals surface area (Å²) in [5, 5.41) is 23.0. The van der Waals surface area contributed by atoms with Gasteiger partial charge in [0.25, 0.3) is 10.1 Å². The molecule has 224 valence electrons. The number of rotatable bonds is 26. The Hall–Kier alpha value is -1.22. The molecule has 3 unspecified atom stereocenters. The minimum atomic E-state index is -4.43. The van der Waals surface area contributed by atoms with E-state index in [4.69, 9.17) is 0 Å². The molecule has 3 atom stereocenters. The maximum absolute atomic E-state index is 12.4. The molecule has 0 aliphatic heterocycles. The number of amides is 1. The average Bonchev–Trinajstić information content (AvgIpc) is 2.86. The van der Waals surface area contributed by atoms with Gasteiger partial charge in [-0.3, -0.25) is 9.35 Å². The number of unbranched alkanes of at least 4 members (excludes halogenated alkanes) is 15. The highest BCUT2D eigenvalue weighted by Crippen LogP contribution is 2.12. The summed E-state index contributed by atoms with van der Waals surface area (Å²) in [6.07, 6.45) is 25.5. The molecular weight excluding hydrogens is 502 g/mol. The lowest BCUT2D eigenvalue weighted by Crippen LogP contribution is -2.50. The molecule has 0 aliphatic rings. The number of carbonyl (C=O) groups is 1. The molecule has 38 heavy (non-hydrogen) atoms. The Morgan fingerprint density at radius 3 is 1.68 bits per heavy atom. The van der Waals surface area contributed by atoms with Crippen LogP contribution in [-0.2, 0) is 14.9 Å². The Bertz CT molecular complexity index is 722. The Morgan fingerprint density at radius 2 is 1.16 bits per heavy atom. The molecule has 0 saturated carbocycles. The van der Waals surface area contributed by atoms with E-state index in [1.54, 1.807) is 6.08 Å². The molecule has 0 heterocycles. The van der Waals surface area contributed by atoms with Crippen LogP contribution in [0.1, 0.15) is 136 Å². The van der Waals surface area contributed by atoms with Crippen molar-refractivity contribution in [1.82, 2.24) is 5.32 Å². The van der Waals surface area contributed by atoms with Crippen molar-refractivity contribution in [2.75, 3.05) is 5.75 Å². The Balaban J connectivity index is 4.31. The van der Waals surface area contributed by atoms with Crippen molar-refractivity contribution in [1.29, 1.82) is 0 Å². The molecular formula is C30H57NO6S. The summed E-state index contributed by atoms with van der Waals surface area (Å²) in [5.41, 5.74) is 0. The van der Waals surface area contributed by atoms with Gasteiger partial charge in [0.05, 0.1) is 17.9 Å². The first-order chi connectivity index (χ1) is 18.2.